The molecule has 0 bridgehead atoms. The topological polar surface area (TPSA) is 57.5 Å². The maximum Gasteiger partial charge on any atom is 0.191 e. The normalized spacial score (nSPS) is 16.0. The smallest absolute Gasteiger partial charge is 0.191 e. The highest BCUT2D eigenvalue weighted by Gasteiger charge is 2.09. The Labute approximate surface area is 169 Å². The third-order valence-corrected chi connectivity index (χ3v) is 5.20. The predicted molar refractivity (Wildman–Crippen MR) is 115 cm³/mol. The Hall–Kier alpha value is -2.34. The molecule has 2 heterocycles. The molecule has 0 spiro atoms. The van der Waals surface area contributed by atoms with Gasteiger partial charge in [0.1, 0.15) is 0 Å². The molecular weight excluding hydrogens is 348 g/mol. The fraction of sp³-hybridized carbons (Fsp3) is 0.545. The van der Waals surface area contributed by atoms with Crippen molar-refractivity contribution in [3.63, 3.8) is 0 Å². The Kier molecular flexibility index (Phi) is 8.37. The second-order valence-electron chi connectivity index (χ2n) is 7.49. The van der Waals surface area contributed by atoms with Crippen molar-refractivity contribution in [1.82, 2.24) is 25.3 Å². The van der Waals surface area contributed by atoms with Crippen LogP contribution in [0.25, 0.3) is 0 Å². The standard InChI is InChI=1S/C22H34N6/c1-23-22(24-11-7-15-28-16-8-12-26-28)25-18-20-9-6-10-21(17-20)19-27-13-4-2-3-5-14-27/h6,8-10,12,16-17H,2-5,7,11,13-15,18-19H2,1H3,(H2,23,24,25). The van der Waals surface area contributed by atoms with E-state index in [1.807, 2.05) is 30.2 Å². The number of nitrogens with zero attached hydrogens (tertiary/aromatic N) is 4. The van der Waals surface area contributed by atoms with Crippen LogP contribution in [0.3, 0.4) is 0 Å². The molecule has 0 atom stereocenters. The third kappa shape index (κ3) is 7.00. The number of hydrogen-bond acceptors (Lipinski definition) is 3. The summed E-state index contributed by atoms with van der Waals surface area (Å²) >= 11 is 0. The second kappa shape index (κ2) is 11.5. The van der Waals surface area contributed by atoms with Crippen LogP contribution in [0.15, 0.2) is 47.7 Å². The Balaban J connectivity index is 1.41. The minimum Gasteiger partial charge on any atom is -0.356 e. The Bertz CT molecular complexity index is 702. The number of benzene rings is 1. The van der Waals surface area contributed by atoms with Crippen molar-refractivity contribution in [2.75, 3.05) is 26.7 Å². The predicted octanol–water partition coefficient (Wildman–Crippen LogP) is 3.01. The fourth-order valence-electron chi connectivity index (χ4n) is 3.68. The summed E-state index contributed by atoms with van der Waals surface area (Å²) in [6.07, 6.45) is 10.3. The molecule has 2 aromatic rings. The van der Waals surface area contributed by atoms with Crippen LogP contribution in [-0.4, -0.2) is 47.3 Å². The van der Waals surface area contributed by atoms with Crippen molar-refractivity contribution in [3.05, 3.63) is 53.9 Å². The number of aromatic nitrogens is 2. The lowest BCUT2D eigenvalue weighted by atomic mass is 10.1. The van der Waals surface area contributed by atoms with E-state index in [2.05, 4.69) is 49.9 Å². The van der Waals surface area contributed by atoms with Crippen LogP contribution < -0.4 is 10.6 Å². The number of nitrogens with one attached hydrogen (secondary N) is 2. The largest absolute Gasteiger partial charge is 0.356 e. The lowest BCUT2D eigenvalue weighted by Crippen LogP contribution is -2.37. The molecule has 3 rings (SSSR count). The first kappa shape index (κ1) is 20.4. The molecule has 6 nitrogen and oxygen atoms in total. The Morgan fingerprint density at radius 2 is 1.89 bits per heavy atom. The van der Waals surface area contributed by atoms with Crippen molar-refractivity contribution < 1.29 is 0 Å². The van der Waals surface area contributed by atoms with Crippen LogP contribution in [0.4, 0.5) is 0 Å². The van der Waals surface area contributed by atoms with Gasteiger partial charge in [-0.1, -0.05) is 37.1 Å². The Morgan fingerprint density at radius 3 is 2.64 bits per heavy atom. The molecule has 1 aliphatic rings. The molecule has 0 radical (unpaired) electrons. The number of aliphatic imine (C=N–C) groups is 1. The average Bonchev–Trinajstić information content (AvgIpc) is 3.11. The number of hydrogen-bond donors (Lipinski definition) is 2. The van der Waals surface area contributed by atoms with Gasteiger partial charge in [-0.25, -0.2) is 0 Å². The molecule has 1 saturated heterocycles. The zero-order valence-corrected chi connectivity index (χ0v) is 17.1. The van der Waals surface area contributed by atoms with Gasteiger partial charge in [0.25, 0.3) is 0 Å². The summed E-state index contributed by atoms with van der Waals surface area (Å²) < 4.78 is 1.95. The summed E-state index contributed by atoms with van der Waals surface area (Å²) in [6, 6.07) is 10.9. The maximum atomic E-state index is 4.33. The van der Waals surface area contributed by atoms with Crippen molar-refractivity contribution in [2.45, 2.75) is 51.7 Å². The van der Waals surface area contributed by atoms with E-state index in [-0.39, 0.29) is 0 Å². The van der Waals surface area contributed by atoms with Crippen LogP contribution in [0.5, 0.6) is 0 Å². The van der Waals surface area contributed by atoms with Crippen molar-refractivity contribution >= 4 is 5.96 Å². The van der Waals surface area contributed by atoms with Crippen LogP contribution in [0.1, 0.15) is 43.2 Å². The first-order chi connectivity index (χ1) is 13.8. The van der Waals surface area contributed by atoms with Gasteiger partial charge in [0.15, 0.2) is 5.96 Å². The number of aryl methyl sites for hydroxylation is 1. The number of guanidine groups is 1. The van der Waals surface area contributed by atoms with E-state index in [9.17, 15) is 0 Å². The van der Waals surface area contributed by atoms with Gasteiger partial charge in [0.2, 0.25) is 0 Å². The highest BCUT2D eigenvalue weighted by atomic mass is 15.3. The molecule has 2 N–H and O–H groups in total. The highest BCUT2D eigenvalue weighted by Crippen LogP contribution is 2.14. The van der Waals surface area contributed by atoms with Crippen LogP contribution in [0.2, 0.25) is 0 Å². The third-order valence-electron chi connectivity index (χ3n) is 5.20. The second-order valence-corrected chi connectivity index (χ2v) is 7.49. The van der Waals surface area contributed by atoms with E-state index in [4.69, 9.17) is 0 Å². The molecule has 0 aliphatic carbocycles. The molecule has 0 saturated carbocycles. The fourth-order valence-corrected chi connectivity index (χ4v) is 3.68. The summed E-state index contributed by atoms with van der Waals surface area (Å²) in [5, 5.41) is 11.0. The molecule has 6 heteroatoms. The van der Waals surface area contributed by atoms with Gasteiger partial charge < -0.3 is 10.6 Å². The first-order valence-electron chi connectivity index (χ1n) is 10.6. The van der Waals surface area contributed by atoms with Gasteiger partial charge in [-0.3, -0.25) is 14.6 Å². The van der Waals surface area contributed by atoms with Crippen LogP contribution >= 0.6 is 0 Å². The maximum absolute atomic E-state index is 4.33. The molecule has 1 aromatic carbocycles. The molecule has 0 unspecified atom stereocenters. The van der Waals surface area contributed by atoms with E-state index in [1.165, 1.54) is 49.9 Å². The summed E-state index contributed by atoms with van der Waals surface area (Å²) in [7, 11) is 1.82. The van der Waals surface area contributed by atoms with Gasteiger partial charge in [-0.2, -0.15) is 5.10 Å². The number of likely N-dealkylation sites (tertiary alicyclic amines) is 1. The molecule has 152 valence electrons. The summed E-state index contributed by atoms with van der Waals surface area (Å²) in [4.78, 5) is 6.92. The van der Waals surface area contributed by atoms with Gasteiger partial charge in [0.05, 0.1) is 0 Å². The SMILES string of the molecule is CN=C(NCCCn1cccn1)NCc1cccc(CN2CCCCCC2)c1. The van der Waals surface area contributed by atoms with Gasteiger partial charge in [-0.15, -0.1) is 0 Å². The molecule has 0 amide bonds. The minimum absolute atomic E-state index is 0.784. The van der Waals surface area contributed by atoms with E-state index in [1.54, 1.807) is 0 Å². The quantitative estimate of drug-likeness (QED) is 0.419. The zero-order valence-electron chi connectivity index (χ0n) is 17.1. The van der Waals surface area contributed by atoms with E-state index >= 15 is 0 Å². The highest BCUT2D eigenvalue weighted by molar-refractivity contribution is 5.79. The monoisotopic (exact) mass is 382 g/mol. The molecule has 1 aliphatic heterocycles. The van der Waals surface area contributed by atoms with Gasteiger partial charge in [0, 0.05) is 45.6 Å². The van der Waals surface area contributed by atoms with Gasteiger partial charge >= 0.3 is 0 Å². The summed E-state index contributed by atoms with van der Waals surface area (Å²) in [6.45, 7) is 6.10. The molecule has 28 heavy (non-hydrogen) atoms. The summed E-state index contributed by atoms with van der Waals surface area (Å²) in [5.41, 5.74) is 2.70. The average molecular weight is 383 g/mol. The summed E-state index contributed by atoms with van der Waals surface area (Å²) in [5.74, 6) is 0.846. The van der Waals surface area contributed by atoms with Crippen molar-refractivity contribution in [3.8, 4) is 0 Å². The first-order valence-corrected chi connectivity index (χ1v) is 10.6. The molecule has 1 fully saturated rings. The molecule has 1 aromatic heterocycles. The van der Waals surface area contributed by atoms with Crippen LogP contribution in [-0.2, 0) is 19.6 Å². The van der Waals surface area contributed by atoms with Crippen molar-refractivity contribution in [1.29, 1.82) is 0 Å². The lowest BCUT2D eigenvalue weighted by Gasteiger charge is -2.20. The minimum atomic E-state index is 0.784. The van der Waals surface area contributed by atoms with E-state index < -0.39 is 0 Å². The van der Waals surface area contributed by atoms with Crippen molar-refractivity contribution in [2.24, 2.45) is 4.99 Å². The Morgan fingerprint density at radius 1 is 1.07 bits per heavy atom. The van der Waals surface area contributed by atoms with E-state index in [0.717, 1.165) is 38.6 Å². The number of rotatable bonds is 8. The van der Waals surface area contributed by atoms with E-state index in [0.29, 0.717) is 0 Å². The zero-order chi connectivity index (χ0) is 19.4. The van der Waals surface area contributed by atoms with Gasteiger partial charge in [-0.05, 0) is 49.5 Å². The van der Waals surface area contributed by atoms with Crippen LogP contribution in [0, 0.1) is 0 Å². The lowest BCUT2D eigenvalue weighted by molar-refractivity contribution is 0.277. The molecular formula is C22H34N6.